The van der Waals surface area contributed by atoms with E-state index in [4.69, 9.17) is 4.74 Å². The van der Waals surface area contributed by atoms with Crippen molar-refractivity contribution in [2.75, 3.05) is 20.2 Å². The van der Waals surface area contributed by atoms with Gasteiger partial charge in [0.1, 0.15) is 0 Å². The van der Waals surface area contributed by atoms with Gasteiger partial charge in [0.25, 0.3) is 5.91 Å². The van der Waals surface area contributed by atoms with Gasteiger partial charge in [0.2, 0.25) is 0 Å². The zero-order chi connectivity index (χ0) is 14.4. The van der Waals surface area contributed by atoms with Gasteiger partial charge in [-0.15, -0.1) is 0 Å². The zero-order valence-corrected chi connectivity index (χ0v) is 11.6. The minimum absolute atomic E-state index is 0.192. The van der Waals surface area contributed by atoms with Gasteiger partial charge in [0.15, 0.2) is 11.6 Å². The lowest BCUT2D eigenvalue weighted by atomic mass is 10.2. The number of methoxy groups -OCH3 is 1. The summed E-state index contributed by atoms with van der Waals surface area (Å²) < 4.78 is 18.3. The average Bonchev–Trinajstić information content (AvgIpc) is 2.46. The minimum Gasteiger partial charge on any atom is -0.494 e. The van der Waals surface area contributed by atoms with Crippen molar-refractivity contribution in [3.05, 3.63) is 35.7 Å². The number of nitrogens with one attached hydrogen (secondary N) is 1. The number of hydrogen-bond donors (Lipinski definition) is 1. The van der Waals surface area contributed by atoms with Crippen LogP contribution in [-0.2, 0) is 4.79 Å². The van der Waals surface area contributed by atoms with Crippen LogP contribution in [0.3, 0.4) is 0 Å². The Kier molecular flexibility index (Phi) is 5.12. The van der Waals surface area contributed by atoms with Gasteiger partial charge in [0, 0.05) is 19.2 Å². The van der Waals surface area contributed by atoms with Gasteiger partial charge in [-0.2, -0.15) is 0 Å². The van der Waals surface area contributed by atoms with E-state index in [-0.39, 0.29) is 11.7 Å². The number of ether oxygens (including phenoxy) is 1. The summed E-state index contributed by atoms with van der Waals surface area (Å²) in [5.74, 6) is -0.436. The molecule has 1 aromatic rings. The number of rotatable bonds is 4. The summed E-state index contributed by atoms with van der Waals surface area (Å²) >= 11 is 0. The normalized spacial score (nSPS) is 16.3. The number of carbonyl (C=O) groups excluding carboxylic acids is 1. The van der Waals surface area contributed by atoms with Gasteiger partial charge in [-0.1, -0.05) is 12.5 Å². The van der Waals surface area contributed by atoms with Crippen LogP contribution in [0.1, 0.15) is 24.8 Å². The predicted octanol–water partition coefficient (Wildman–Crippen LogP) is 2.36. The van der Waals surface area contributed by atoms with E-state index in [1.54, 1.807) is 12.1 Å². The molecule has 1 fully saturated rings. The molecule has 1 amide bonds. The van der Waals surface area contributed by atoms with E-state index in [0.717, 1.165) is 25.9 Å². The number of amides is 1. The summed E-state index contributed by atoms with van der Waals surface area (Å²) in [6.45, 7) is 1.77. The third-order valence-electron chi connectivity index (χ3n) is 3.23. The van der Waals surface area contributed by atoms with Gasteiger partial charge in [-0.25, -0.2) is 9.40 Å². The second-order valence-corrected chi connectivity index (χ2v) is 4.75. The number of piperidine rings is 1. The minimum atomic E-state index is -0.439. The molecule has 0 aliphatic carbocycles. The number of hydrazine groups is 1. The highest BCUT2D eigenvalue weighted by molar-refractivity contribution is 5.91. The second kappa shape index (κ2) is 7.05. The van der Waals surface area contributed by atoms with E-state index in [9.17, 15) is 9.18 Å². The molecule has 1 saturated heterocycles. The first-order chi connectivity index (χ1) is 9.69. The fraction of sp³-hybridized carbons (Fsp3) is 0.400. The average molecular weight is 278 g/mol. The van der Waals surface area contributed by atoms with Gasteiger partial charge in [0.05, 0.1) is 7.11 Å². The van der Waals surface area contributed by atoms with Crippen LogP contribution >= 0.6 is 0 Å². The van der Waals surface area contributed by atoms with Crippen LogP contribution in [0.5, 0.6) is 5.75 Å². The molecule has 1 heterocycles. The van der Waals surface area contributed by atoms with E-state index in [0.29, 0.717) is 5.56 Å². The number of hydrogen-bond acceptors (Lipinski definition) is 3. The number of halogens is 1. The van der Waals surface area contributed by atoms with Crippen molar-refractivity contribution in [2.24, 2.45) is 0 Å². The summed E-state index contributed by atoms with van der Waals surface area (Å²) in [6.07, 6.45) is 6.42. The molecule has 0 unspecified atom stereocenters. The van der Waals surface area contributed by atoms with E-state index >= 15 is 0 Å². The lowest BCUT2D eigenvalue weighted by molar-refractivity contribution is -0.121. The highest BCUT2D eigenvalue weighted by atomic mass is 19.1. The lowest BCUT2D eigenvalue weighted by Crippen LogP contribution is -2.44. The van der Waals surface area contributed by atoms with Gasteiger partial charge < -0.3 is 4.74 Å². The molecule has 5 heteroatoms. The predicted molar refractivity (Wildman–Crippen MR) is 75.6 cm³/mol. The molecule has 2 rings (SSSR count). The van der Waals surface area contributed by atoms with E-state index in [2.05, 4.69) is 5.43 Å². The van der Waals surface area contributed by atoms with Crippen molar-refractivity contribution >= 4 is 12.0 Å². The largest absolute Gasteiger partial charge is 0.494 e. The second-order valence-electron chi connectivity index (χ2n) is 4.75. The van der Waals surface area contributed by atoms with Crippen molar-refractivity contribution in [3.8, 4) is 5.75 Å². The Balaban J connectivity index is 1.91. The Morgan fingerprint density at radius 3 is 2.75 bits per heavy atom. The molecular weight excluding hydrogens is 259 g/mol. The lowest BCUT2D eigenvalue weighted by Gasteiger charge is -2.26. The molecular formula is C15H19FN2O2. The quantitative estimate of drug-likeness (QED) is 0.860. The standard InChI is InChI=1S/C15H19FN2O2/c1-20-14-7-5-12(11-13(14)16)6-8-15(19)17-18-9-3-2-4-10-18/h5-8,11H,2-4,9-10H2,1H3,(H,17,19)/b8-6+. The van der Waals surface area contributed by atoms with Gasteiger partial charge >= 0.3 is 0 Å². The molecule has 1 aliphatic rings. The van der Waals surface area contributed by atoms with Crippen molar-refractivity contribution in [2.45, 2.75) is 19.3 Å². The molecule has 108 valence electrons. The Morgan fingerprint density at radius 2 is 2.10 bits per heavy atom. The molecule has 0 bridgehead atoms. The maximum absolute atomic E-state index is 13.5. The fourth-order valence-electron chi connectivity index (χ4n) is 2.16. The Morgan fingerprint density at radius 1 is 1.35 bits per heavy atom. The summed E-state index contributed by atoms with van der Waals surface area (Å²) in [6, 6.07) is 4.58. The maximum atomic E-state index is 13.5. The summed E-state index contributed by atoms with van der Waals surface area (Å²) in [7, 11) is 1.42. The van der Waals surface area contributed by atoms with Crippen molar-refractivity contribution in [3.63, 3.8) is 0 Å². The fourth-order valence-corrected chi connectivity index (χ4v) is 2.16. The molecule has 1 N–H and O–H groups in total. The molecule has 20 heavy (non-hydrogen) atoms. The zero-order valence-electron chi connectivity index (χ0n) is 11.6. The first-order valence-electron chi connectivity index (χ1n) is 6.76. The summed E-state index contributed by atoms with van der Waals surface area (Å²) in [5.41, 5.74) is 3.44. The third-order valence-corrected chi connectivity index (χ3v) is 3.23. The highest BCUT2D eigenvalue weighted by Crippen LogP contribution is 2.18. The van der Waals surface area contributed by atoms with Gasteiger partial charge in [-0.05, 0) is 36.6 Å². The van der Waals surface area contributed by atoms with Crippen LogP contribution < -0.4 is 10.2 Å². The molecule has 0 spiro atoms. The first kappa shape index (κ1) is 14.5. The van der Waals surface area contributed by atoms with Gasteiger partial charge in [-0.3, -0.25) is 10.2 Å². The molecule has 1 aliphatic heterocycles. The molecule has 0 aromatic heterocycles. The number of nitrogens with zero attached hydrogens (tertiary/aromatic N) is 1. The SMILES string of the molecule is COc1ccc(/C=C/C(=O)NN2CCCCC2)cc1F. The Hall–Kier alpha value is -1.88. The van der Waals surface area contributed by atoms with Crippen LogP contribution in [0.15, 0.2) is 24.3 Å². The highest BCUT2D eigenvalue weighted by Gasteiger charge is 2.10. The number of carbonyl (C=O) groups is 1. The van der Waals surface area contributed by atoms with Crippen molar-refractivity contribution in [1.29, 1.82) is 0 Å². The topological polar surface area (TPSA) is 41.6 Å². The smallest absolute Gasteiger partial charge is 0.258 e. The molecule has 0 saturated carbocycles. The molecule has 0 atom stereocenters. The van der Waals surface area contributed by atoms with Crippen LogP contribution in [-0.4, -0.2) is 31.1 Å². The molecule has 1 aromatic carbocycles. The van der Waals surface area contributed by atoms with E-state index in [1.165, 1.54) is 31.7 Å². The summed E-state index contributed by atoms with van der Waals surface area (Å²) in [4.78, 5) is 11.7. The van der Waals surface area contributed by atoms with Crippen molar-refractivity contribution in [1.82, 2.24) is 10.4 Å². The number of benzene rings is 1. The van der Waals surface area contributed by atoms with Crippen LogP contribution in [0, 0.1) is 5.82 Å². The van der Waals surface area contributed by atoms with Crippen LogP contribution in [0.2, 0.25) is 0 Å². The Bertz CT molecular complexity index is 497. The maximum Gasteiger partial charge on any atom is 0.258 e. The van der Waals surface area contributed by atoms with Crippen LogP contribution in [0.25, 0.3) is 6.08 Å². The van der Waals surface area contributed by atoms with Crippen LogP contribution in [0.4, 0.5) is 4.39 Å². The van der Waals surface area contributed by atoms with Crippen molar-refractivity contribution < 1.29 is 13.9 Å². The molecule has 4 nitrogen and oxygen atoms in total. The monoisotopic (exact) mass is 278 g/mol. The Labute approximate surface area is 118 Å². The third kappa shape index (κ3) is 4.06. The first-order valence-corrected chi connectivity index (χ1v) is 6.76. The molecule has 0 radical (unpaired) electrons. The van der Waals surface area contributed by atoms with E-state index < -0.39 is 5.82 Å². The van der Waals surface area contributed by atoms with E-state index in [1.807, 2.05) is 5.01 Å². The summed E-state index contributed by atoms with van der Waals surface area (Å²) in [5, 5.41) is 1.92.